The number of hydrogen-bond acceptors (Lipinski definition) is 4. The SMILES string of the molecule is CCCC[C@@H](O)[C@](N)(OC)c1ccc(C=O)cc1.Cl. The van der Waals surface area contributed by atoms with Gasteiger partial charge in [-0.15, -0.1) is 12.4 Å². The first-order chi connectivity index (χ1) is 8.58. The zero-order valence-corrected chi connectivity index (χ0v) is 12.2. The molecule has 5 heteroatoms. The molecule has 0 aliphatic heterocycles. The van der Waals surface area contributed by atoms with Crippen LogP contribution in [-0.4, -0.2) is 24.6 Å². The molecule has 0 aromatic heterocycles. The Hall–Kier alpha value is -0.940. The van der Waals surface area contributed by atoms with Gasteiger partial charge in [-0.05, 0) is 6.42 Å². The number of carbonyl (C=O) groups is 1. The van der Waals surface area contributed by atoms with E-state index in [-0.39, 0.29) is 12.4 Å². The second-order valence-corrected chi connectivity index (χ2v) is 4.40. The summed E-state index contributed by atoms with van der Waals surface area (Å²) in [6.07, 6.45) is 2.44. The molecule has 0 aliphatic rings. The number of aldehydes is 1. The van der Waals surface area contributed by atoms with E-state index < -0.39 is 11.8 Å². The van der Waals surface area contributed by atoms with Gasteiger partial charge >= 0.3 is 0 Å². The van der Waals surface area contributed by atoms with Gasteiger partial charge in [-0.25, -0.2) is 0 Å². The van der Waals surface area contributed by atoms with Crippen LogP contribution in [0.4, 0.5) is 0 Å². The third-order valence-corrected chi connectivity index (χ3v) is 3.16. The lowest BCUT2D eigenvalue weighted by atomic mass is 9.93. The number of aliphatic hydroxyl groups excluding tert-OH is 1. The molecule has 0 fully saturated rings. The van der Waals surface area contributed by atoms with Gasteiger partial charge in [0.1, 0.15) is 12.4 Å². The Labute approximate surface area is 120 Å². The lowest BCUT2D eigenvalue weighted by molar-refractivity contribution is -0.108. The standard InChI is InChI=1S/C14H21NO3.ClH/c1-3-4-5-13(17)14(15,18-2)12-8-6-11(10-16)7-9-12;/h6-10,13,17H,3-5,15H2,1-2H3;1H/t13-,14-;/m1./s1. The topological polar surface area (TPSA) is 72.6 Å². The number of ether oxygens (including phenoxy) is 1. The van der Waals surface area contributed by atoms with Gasteiger partial charge in [0.25, 0.3) is 0 Å². The van der Waals surface area contributed by atoms with Crippen LogP contribution in [0.1, 0.15) is 42.1 Å². The number of aliphatic hydroxyl groups is 1. The van der Waals surface area contributed by atoms with Crippen LogP contribution in [0.25, 0.3) is 0 Å². The van der Waals surface area contributed by atoms with Crippen LogP contribution in [0.3, 0.4) is 0 Å². The van der Waals surface area contributed by atoms with Crippen LogP contribution >= 0.6 is 12.4 Å². The van der Waals surface area contributed by atoms with Crippen molar-refractivity contribution < 1.29 is 14.6 Å². The van der Waals surface area contributed by atoms with Gasteiger partial charge in [0.2, 0.25) is 0 Å². The fourth-order valence-corrected chi connectivity index (χ4v) is 1.88. The van der Waals surface area contributed by atoms with Crippen molar-refractivity contribution in [3.05, 3.63) is 35.4 Å². The summed E-state index contributed by atoms with van der Waals surface area (Å²) in [6.45, 7) is 2.05. The Morgan fingerprint density at radius 3 is 2.42 bits per heavy atom. The van der Waals surface area contributed by atoms with Crippen molar-refractivity contribution in [1.29, 1.82) is 0 Å². The van der Waals surface area contributed by atoms with Crippen LogP contribution in [0.5, 0.6) is 0 Å². The summed E-state index contributed by atoms with van der Waals surface area (Å²) in [5.74, 6) is 0. The first-order valence-electron chi connectivity index (χ1n) is 6.16. The molecule has 0 saturated heterocycles. The summed E-state index contributed by atoms with van der Waals surface area (Å²) in [7, 11) is 1.48. The lowest BCUT2D eigenvalue weighted by Crippen LogP contribution is -2.49. The third-order valence-electron chi connectivity index (χ3n) is 3.16. The molecule has 0 radical (unpaired) electrons. The molecule has 1 aromatic rings. The number of hydrogen-bond donors (Lipinski definition) is 2. The highest BCUT2D eigenvalue weighted by atomic mass is 35.5. The van der Waals surface area contributed by atoms with Crippen molar-refractivity contribution >= 4 is 18.7 Å². The second-order valence-electron chi connectivity index (χ2n) is 4.40. The predicted octanol–water partition coefficient (Wildman–Crippen LogP) is 2.23. The fourth-order valence-electron chi connectivity index (χ4n) is 1.88. The van der Waals surface area contributed by atoms with Gasteiger partial charge in [0, 0.05) is 18.2 Å². The number of benzene rings is 1. The normalized spacial score (nSPS) is 15.2. The molecule has 0 bridgehead atoms. The molecule has 0 saturated carbocycles. The number of methoxy groups -OCH3 is 1. The van der Waals surface area contributed by atoms with E-state index in [1.165, 1.54) is 7.11 Å². The lowest BCUT2D eigenvalue weighted by Gasteiger charge is -2.33. The van der Waals surface area contributed by atoms with Gasteiger partial charge in [0.05, 0.1) is 0 Å². The molecule has 2 atom stereocenters. The van der Waals surface area contributed by atoms with Crippen molar-refractivity contribution in [2.45, 2.75) is 38.0 Å². The predicted molar refractivity (Wildman–Crippen MR) is 77.5 cm³/mol. The Balaban J connectivity index is 0.00000324. The third kappa shape index (κ3) is 4.28. The minimum atomic E-state index is -1.23. The average Bonchev–Trinajstić information content (AvgIpc) is 2.43. The smallest absolute Gasteiger partial charge is 0.168 e. The van der Waals surface area contributed by atoms with E-state index in [4.69, 9.17) is 10.5 Å². The molecule has 108 valence electrons. The fraction of sp³-hybridized carbons (Fsp3) is 0.500. The molecular formula is C14H22ClNO3. The van der Waals surface area contributed by atoms with Crippen LogP contribution in [0.2, 0.25) is 0 Å². The van der Waals surface area contributed by atoms with Crippen LogP contribution in [0, 0.1) is 0 Å². The Bertz CT molecular complexity index is 383. The van der Waals surface area contributed by atoms with E-state index in [1.54, 1.807) is 24.3 Å². The quantitative estimate of drug-likeness (QED) is 0.596. The summed E-state index contributed by atoms with van der Waals surface area (Å²) in [5, 5.41) is 10.2. The van der Waals surface area contributed by atoms with Crippen molar-refractivity contribution in [2.24, 2.45) is 5.73 Å². The van der Waals surface area contributed by atoms with Crippen molar-refractivity contribution in [3.63, 3.8) is 0 Å². The van der Waals surface area contributed by atoms with Gasteiger partial charge in [-0.2, -0.15) is 0 Å². The number of unbranched alkanes of at least 4 members (excludes halogenated alkanes) is 1. The minimum absolute atomic E-state index is 0. The summed E-state index contributed by atoms with van der Waals surface area (Å²) in [4.78, 5) is 10.6. The van der Waals surface area contributed by atoms with Crippen LogP contribution in [-0.2, 0) is 10.5 Å². The Morgan fingerprint density at radius 2 is 2.00 bits per heavy atom. The molecular weight excluding hydrogens is 266 g/mol. The molecule has 0 spiro atoms. The second kappa shape index (κ2) is 8.27. The molecule has 1 rings (SSSR count). The highest BCUT2D eigenvalue weighted by Crippen LogP contribution is 2.26. The number of rotatable bonds is 7. The van der Waals surface area contributed by atoms with E-state index in [2.05, 4.69) is 6.92 Å². The van der Waals surface area contributed by atoms with Crippen molar-refractivity contribution in [1.82, 2.24) is 0 Å². The maximum Gasteiger partial charge on any atom is 0.168 e. The van der Waals surface area contributed by atoms with Gasteiger partial charge in [0.15, 0.2) is 5.72 Å². The Kier molecular flexibility index (Phi) is 7.87. The van der Waals surface area contributed by atoms with Crippen molar-refractivity contribution in [2.75, 3.05) is 7.11 Å². The highest BCUT2D eigenvalue weighted by Gasteiger charge is 2.35. The summed E-state index contributed by atoms with van der Waals surface area (Å²) in [5.41, 5.74) is 6.14. The summed E-state index contributed by atoms with van der Waals surface area (Å²) < 4.78 is 5.30. The van der Waals surface area contributed by atoms with Gasteiger partial charge in [-0.1, -0.05) is 44.0 Å². The molecule has 0 amide bonds. The number of nitrogens with two attached hydrogens (primary N) is 1. The van der Waals surface area contributed by atoms with Gasteiger partial charge in [-0.3, -0.25) is 10.5 Å². The Morgan fingerprint density at radius 1 is 1.42 bits per heavy atom. The van der Waals surface area contributed by atoms with E-state index in [1.807, 2.05) is 0 Å². The zero-order chi connectivity index (χ0) is 13.6. The number of halogens is 1. The van der Waals surface area contributed by atoms with Gasteiger partial charge < -0.3 is 9.84 Å². The molecule has 0 heterocycles. The molecule has 0 unspecified atom stereocenters. The van der Waals surface area contributed by atoms with E-state index in [9.17, 15) is 9.90 Å². The highest BCUT2D eigenvalue weighted by molar-refractivity contribution is 5.85. The zero-order valence-electron chi connectivity index (χ0n) is 11.3. The maximum atomic E-state index is 10.6. The summed E-state index contributed by atoms with van der Waals surface area (Å²) in [6, 6.07) is 6.75. The molecule has 19 heavy (non-hydrogen) atoms. The van der Waals surface area contributed by atoms with Crippen LogP contribution in [0.15, 0.2) is 24.3 Å². The molecule has 1 aromatic carbocycles. The largest absolute Gasteiger partial charge is 0.388 e. The maximum absolute atomic E-state index is 10.6. The molecule has 3 N–H and O–H groups in total. The average molecular weight is 288 g/mol. The first-order valence-corrected chi connectivity index (χ1v) is 6.16. The first kappa shape index (κ1) is 18.1. The molecule has 0 aliphatic carbocycles. The van der Waals surface area contributed by atoms with Crippen molar-refractivity contribution in [3.8, 4) is 0 Å². The summed E-state index contributed by atoms with van der Waals surface area (Å²) >= 11 is 0. The van der Waals surface area contributed by atoms with E-state index in [0.29, 0.717) is 17.5 Å². The van der Waals surface area contributed by atoms with Crippen LogP contribution < -0.4 is 5.73 Å². The van der Waals surface area contributed by atoms with E-state index >= 15 is 0 Å². The molecule has 4 nitrogen and oxygen atoms in total. The minimum Gasteiger partial charge on any atom is -0.388 e. The number of carbonyl (C=O) groups excluding carboxylic acids is 1. The monoisotopic (exact) mass is 287 g/mol. The van der Waals surface area contributed by atoms with E-state index in [0.717, 1.165) is 19.1 Å².